The lowest BCUT2D eigenvalue weighted by Crippen LogP contribution is -2.54. The fraction of sp³-hybridized carbons (Fsp3) is 0.545. The highest BCUT2D eigenvalue weighted by Gasteiger charge is 2.29. The molecule has 1 aromatic carbocycles. The number of nitrogens with two attached hydrogens (primary N) is 1. The minimum absolute atomic E-state index is 0.0122. The average Bonchev–Trinajstić information content (AvgIpc) is 2.80. The summed E-state index contributed by atoms with van der Waals surface area (Å²) < 4.78 is 0. The van der Waals surface area contributed by atoms with Gasteiger partial charge in [0.1, 0.15) is 6.04 Å². The van der Waals surface area contributed by atoms with E-state index < -0.39 is 41.9 Å². The summed E-state index contributed by atoms with van der Waals surface area (Å²) in [6.45, 7) is 3.77. The maximum atomic E-state index is 12.9. The SMILES string of the molecule is CC(C)C[C@H](NC(=O)[C@H](CCCN=C(N)N[N+](=O)[O-])NC(=O)CCCC(=O)c1ccccc1)B(O)O. The summed E-state index contributed by atoms with van der Waals surface area (Å²) >= 11 is 0. The first kappa shape index (κ1) is 30.5. The molecular weight excluding hydrogens is 471 g/mol. The Morgan fingerprint density at radius 1 is 1.11 bits per heavy atom. The Kier molecular flexibility index (Phi) is 13.7. The minimum Gasteiger partial charge on any atom is -0.426 e. The van der Waals surface area contributed by atoms with Crippen molar-refractivity contribution in [2.75, 3.05) is 6.54 Å². The Balaban J connectivity index is 2.72. The van der Waals surface area contributed by atoms with Crippen LogP contribution < -0.4 is 21.8 Å². The number of guanidine groups is 1. The van der Waals surface area contributed by atoms with Crippen molar-refractivity contribution >= 4 is 30.7 Å². The number of nitrogens with one attached hydrogen (secondary N) is 3. The van der Waals surface area contributed by atoms with E-state index in [9.17, 15) is 34.5 Å². The number of hydrogen-bond donors (Lipinski definition) is 6. The second-order valence-electron chi connectivity index (χ2n) is 8.70. The van der Waals surface area contributed by atoms with E-state index in [0.717, 1.165) is 0 Å². The number of amides is 2. The lowest BCUT2D eigenvalue weighted by molar-refractivity contribution is -0.525. The van der Waals surface area contributed by atoms with Gasteiger partial charge in [-0.15, -0.1) is 0 Å². The molecule has 2 amide bonds. The van der Waals surface area contributed by atoms with E-state index in [0.29, 0.717) is 12.0 Å². The first-order chi connectivity index (χ1) is 17.0. The molecule has 0 bridgehead atoms. The minimum atomic E-state index is -1.78. The zero-order valence-electron chi connectivity index (χ0n) is 20.6. The van der Waals surface area contributed by atoms with Crippen LogP contribution >= 0.6 is 0 Å². The molecule has 0 spiro atoms. The molecule has 1 aromatic rings. The summed E-state index contributed by atoms with van der Waals surface area (Å²) in [6, 6.07) is 7.68. The van der Waals surface area contributed by atoms with Crippen LogP contribution in [0.25, 0.3) is 0 Å². The van der Waals surface area contributed by atoms with Crippen LogP contribution in [0, 0.1) is 16.0 Å². The van der Waals surface area contributed by atoms with Crippen molar-refractivity contribution in [3.63, 3.8) is 0 Å². The van der Waals surface area contributed by atoms with Crippen molar-refractivity contribution in [3.8, 4) is 0 Å². The molecular formula is C22H35BN6O7. The molecule has 0 aliphatic heterocycles. The van der Waals surface area contributed by atoms with Gasteiger partial charge in [-0.05, 0) is 31.6 Å². The molecule has 198 valence electrons. The largest absolute Gasteiger partial charge is 0.475 e. The van der Waals surface area contributed by atoms with Crippen LogP contribution in [-0.2, 0) is 9.59 Å². The number of benzene rings is 1. The van der Waals surface area contributed by atoms with Crippen LogP contribution in [0.3, 0.4) is 0 Å². The summed E-state index contributed by atoms with van der Waals surface area (Å²) in [4.78, 5) is 51.7. The van der Waals surface area contributed by atoms with Gasteiger partial charge >= 0.3 is 7.12 Å². The molecule has 2 atom stereocenters. The van der Waals surface area contributed by atoms with Crippen LogP contribution in [0.15, 0.2) is 35.3 Å². The molecule has 0 aliphatic carbocycles. The average molecular weight is 506 g/mol. The lowest BCUT2D eigenvalue weighted by Gasteiger charge is -2.24. The normalized spacial score (nSPS) is 13.0. The molecule has 14 heteroatoms. The van der Waals surface area contributed by atoms with Crippen LogP contribution in [0.4, 0.5) is 0 Å². The highest BCUT2D eigenvalue weighted by Crippen LogP contribution is 2.09. The molecule has 0 aromatic heterocycles. The van der Waals surface area contributed by atoms with E-state index in [1.54, 1.807) is 35.8 Å². The number of carbonyl (C=O) groups is 3. The van der Waals surface area contributed by atoms with Crippen molar-refractivity contribution < 1.29 is 29.5 Å². The number of hydrogen-bond acceptors (Lipinski definition) is 8. The molecule has 36 heavy (non-hydrogen) atoms. The third-order valence-electron chi connectivity index (χ3n) is 5.11. The van der Waals surface area contributed by atoms with Gasteiger partial charge in [0.25, 0.3) is 5.96 Å². The van der Waals surface area contributed by atoms with E-state index in [1.165, 1.54) is 0 Å². The molecule has 0 fully saturated rings. The van der Waals surface area contributed by atoms with Gasteiger partial charge in [-0.3, -0.25) is 14.4 Å². The Labute approximate surface area is 210 Å². The molecule has 0 unspecified atom stereocenters. The number of hydrazine groups is 1. The van der Waals surface area contributed by atoms with Gasteiger partial charge < -0.3 is 26.4 Å². The molecule has 1 rings (SSSR count). The number of Topliss-reactive ketones (excluding diaryl/α,β-unsaturated/α-hetero) is 1. The van der Waals surface area contributed by atoms with Crippen LogP contribution in [0.2, 0.25) is 0 Å². The summed E-state index contributed by atoms with van der Waals surface area (Å²) in [5.41, 5.74) is 7.62. The van der Waals surface area contributed by atoms with Crippen molar-refractivity contribution in [1.29, 1.82) is 0 Å². The van der Waals surface area contributed by atoms with Crippen molar-refractivity contribution in [3.05, 3.63) is 46.0 Å². The second-order valence-corrected chi connectivity index (χ2v) is 8.70. The van der Waals surface area contributed by atoms with Gasteiger partial charge in [-0.1, -0.05) is 49.6 Å². The van der Waals surface area contributed by atoms with Gasteiger partial charge in [0.15, 0.2) is 10.8 Å². The third-order valence-corrected chi connectivity index (χ3v) is 5.11. The summed E-state index contributed by atoms with van der Waals surface area (Å²) in [5.74, 6) is -2.41. The monoisotopic (exact) mass is 506 g/mol. The third kappa shape index (κ3) is 12.8. The van der Waals surface area contributed by atoms with Gasteiger partial charge in [0.05, 0.1) is 5.94 Å². The van der Waals surface area contributed by atoms with Crippen molar-refractivity contribution in [2.24, 2.45) is 16.6 Å². The maximum Gasteiger partial charge on any atom is 0.475 e. The molecule has 7 N–H and O–H groups in total. The van der Waals surface area contributed by atoms with Gasteiger partial charge in [-0.2, -0.15) is 0 Å². The number of nitrogens with zero attached hydrogens (tertiary/aromatic N) is 2. The Hall–Kier alpha value is -3.52. The van der Waals surface area contributed by atoms with Gasteiger partial charge in [0.2, 0.25) is 11.8 Å². The summed E-state index contributed by atoms with van der Waals surface area (Å²) in [7, 11) is -1.78. The number of carbonyl (C=O) groups excluding carboxylic acids is 3. The van der Waals surface area contributed by atoms with E-state index in [2.05, 4.69) is 15.6 Å². The topological polar surface area (TPSA) is 209 Å². The maximum absolute atomic E-state index is 12.9. The highest BCUT2D eigenvalue weighted by molar-refractivity contribution is 6.43. The molecule has 13 nitrogen and oxygen atoms in total. The number of aliphatic imine (C=N–C) groups is 1. The molecule has 0 aliphatic rings. The summed E-state index contributed by atoms with van der Waals surface area (Å²) in [5, 5.41) is 33.9. The smallest absolute Gasteiger partial charge is 0.426 e. The highest BCUT2D eigenvalue weighted by atomic mass is 16.7. The standard InChI is InChI=1S/C22H35BN6O7/c1-15(2)14-19(23(33)34)27-21(32)17(10-7-13-25-22(24)28-29(35)36)26-20(31)12-6-11-18(30)16-8-4-3-5-9-16/h3-5,8-9,15,17,19,33-34H,6-7,10-14H2,1-2H3,(H,26,31)(H,27,32)(H3,24,25,28)/t17-,19-/m0/s1. The molecule has 0 heterocycles. The molecule has 0 radical (unpaired) electrons. The fourth-order valence-corrected chi connectivity index (χ4v) is 3.38. The summed E-state index contributed by atoms with van der Waals surface area (Å²) in [6.07, 6.45) is 1.13. The quantitative estimate of drug-likeness (QED) is 0.0337. The fourth-order valence-electron chi connectivity index (χ4n) is 3.38. The lowest BCUT2D eigenvalue weighted by atomic mass is 9.75. The van der Waals surface area contributed by atoms with Crippen LogP contribution in [-0.4, -0.2) is 64.3 Å². The number of nitro groups is 1. The Bertz CT molecular complexity index is 898. The molecule has 0 saturated carbocycles. The Morgan fingerprint density at radius 3 is 2.36 bits per heavy atom. The van der Waals surface area contributed by atoms with Crippen molar-refractivity contribution in [2.45, 2.75) is 64.4 Å². The number of ketones is 1. The first-order valence-electron chi connectivity index (χ1n) is 11.7. The van der Waals surface area contributed by atoms with Crippen LogP contribution in [0.5, 0.6) is 0 Å². The zero-order chi connectivity index (χ0) is 27.1. The van der Waals surface area contributed by atoms with Gasteiger partial charge in [0, 0.05) is 24.9 Å². The molecule has 0 saturated heterocycles. The van der Waals surface area contributed by atoms with Crippen molar-refractivity contribution in [1.82, 2.24) is 16.1 Å². The van der Waals surface area contributed by atoms with E-state index in [4.69, 9.17) is 5.73 Å². The van der Waals surface area contributed by atoms with E-state index in [-0.39, 0.29) is 50.4 Å². The first-order valence-corrected chi connectivity index (χ1v) is 11.7. The number of rotatable bonds is 16. The zero-order valence-corrected chi connectivity index (χ0v) is 20.6. The van der Waals surface area contributed by atoms with E-state index >= 15 is 0 Å². The second kappa shape index (κ2) is 16.2. The van der Waals surface area contributed by atoms with Crippen LogP contribution in [0.1, 0.15) is 62.7 Å². The predicted molar refractivity (Wildman–Crippen MR) is 134 cm³/mol. The predicted octanol–water partition coefficient (Wildman–Crippen LogP) is -0.0565. The van der Waals surface area contributed by atoms with Gasteiger partial charge in [-0.25, -0.2) is 15.1 Å². The Morgan fingerprint density at radius 2 is 1.78 bits per heavy atom. The van der Waals surface area contributed by atoms with E-state index in [1.807, 2.05) is 13.8 Å².